The number of hydrogen-bond acceptors (Lipinski definition) is 5. The Morgan fingerprint density at radius 2 is 1.78 bits per heavy atom. The van der Waals surface area contributed by atoms with Crippen molar-refractivity contribution >= 4 is 12.0 Å². The van der Waals surface area contributed by atoms with Crippen LogP contribution in [0.3, 0.4) is 0 Å². The van der Waals surface area contributed by atoms with Crippen molar-refractivity contribution in [3.8, 4) is 22.8 Å². The standard InChI is InChI=1S/C28H31FN4O4/c1-17(2)23-10-11-24(31-30-23)18-6-8-20(9-7-18)37-25-15-21(26(34)35)22(29)14-19(25)16-32-12-13-33(27(32)36)28(3,4)5/h6-11,14-15,17H,12-13,16H2,1-5H3,(H,34,35). The summed E-state index contributed by atoms with van der Waals surface area (Å²) in [5.74, 6) is -1.39. The Balaban J connectivity index is 1.59. The summed E-state index contributed by atoms with van der Waals surface area (Å²) in [6.45, 7) is 11.1. The Kier molecular flexibility index (Phi) is 7.16. The van der Waals surface area contributed by atoms with Crippen LogP contribution >= 0.6 is 0 Å². The van der Waals surface area contributed by atoms with E-state index in [0.29, 0.717) is 30.1 Å². The van der Waals surface area contributed by atoms with Gasteiger partial charge in [-0.2, -0.15) is 10.2 Å². The summed E-state index contributed by atoms with van der Waals surface area (Å²) in [4.78, 5) is 27.9. The molecule has 0 aliphatic carbocycles. The molecule has 4 rings (SSSR count). The summed E-state index contributed by atoms with van der Waals surface area (Å²) in [6.07, 6.45) is 0. The van der Waals surface area contributed by atoms with Crippen LogP contribution in [0.1, 0.15) is 62.2 Å². The van der Waals surface area contributed by atoms with E-state index in [1.165, 1.54) is 6.07 Å². The van der Waals surface area contributed by atoms with E-state index < -0.39 is 17.3 Å². The summed E-state index contributed by atoms with van der Waals surface area (Å²) >= 11 is 0. The van der Waals surface area contributed by atoms with Gasteiger partial charge in [-0.25, -0.2) is 14.0 Å². The average molecular weight is 507 g/mol. The van der Waals surface area contributed by atoms with Gasteiger partial charge in [-0.1, -0.05) is 13.8 Å². The Labute approximate surface area is 215 Å². The lowest BCUT2D eigenvalue weighted by Crippen LogP contribution is -2.44. The highest BCUT2D eigenvalue weighted by Crippen LogP contribution is 2.32. The smallest absolute Gasteiger partial charge is 0.338 e. The van der Waals surface area contributed by atoms with E-state index in [4.69, 9.17) is 4.74 Å². The Bertz CT molecular complexity index is 1300. The molecule has 194 valence electrons. The molecule has 0 spiro atoms. The van der Waals surface area contributed by atoms with Crippen LogP contribution in [0.2, 0.25) is 0 Å². The van der Waals surface area contributed by atoms with Gasteiger partial charge in [-0.05, 0) is 75.2 Å². The van der Waals surface area contributed by atoms with Gasteiger partial charge in [-0.15, -0.1) is 0 Å². The predicted molar refractivity (Wildman–Crippen MR) is 137 cm³/mol. The number of nitrogens with zero attached hydrogens (tertiary/aromatic N) is 4. The van der Waals surface area contributed by atoms with Gasteiger partial charge in [0.25, 0.3) is 0 Å². The Morgan fingerprint density at radius 3 is 2.32 bits per heavy atom. The number of benzene rings is 2. The van der Waals surface area contributed by atoms with E-state index in [1.54, 1.807) is 21.9 Å². The minimum Gasteiger partial charge on any atom is -0.478 e. The predicted octanol–water partition coefficient (Wildman–Crippen LogP) is 5.93. The van der Waals surface area contributed by atoms with Crippen LogP contribution in [-0.4, -0.2) is 55.7 Å². The second-order valence-corrected chi connectivity index (χ2v) is 10.4. The number of hydrogen-bond donors (Lipinski definition) is 1. The quantitative estimate of drug-likeness (QED) is 0.427. The number of halogens is 1. The van der Waals surface area contributed by atoms with Gasteiger partial charge in [0.1, 0.15) is 17.3 Å². The molecule has 2 heterocycles. The zero-order valence-electron chi connectivity index (χ0n) is 21.7. The topological polar surface area (TPSA) is 95.9 Å². The highest BCUT2D eigenvalue weighted by Gasteiger charge is 2.36. The molecule has 1 aliphatic heterocycles. The molecule has 0 atom stereocenters. The third-order valence-electron chi connectivity index (χ3n) is 6.30. The third kappa shape index (κ3) is 5.71. The molecular formula is C28H31FN4O4. The molecule has 0 unspecified atom stereocenters. The first-order valence-corrected chi connectivity index (χ1v) is 12.2. The first-order chi connectivity index (χ1) is 17.4. The maximum Gasteiger partial charge on any atom is 0.338 e. The van der Waals surface area contributed by atoms with Crippen LogP contribution in [0, 0.1) is 5.82 Å². The fourth-order valence-corrected chi connectivity index (χ4v) is 4.16. The number of urea groups is 1. The summed E-state index contributed by atoms with van der Waals surface area (Å²) in [5, 5.41) is 18.0. The molecule has 3 aromatic rings. The Hall–Kier alpha value is -4.01. The summed E-state index contributed by atoms with van der Waals surface area (Å²) in [7, 11) is 0. The number of carboxylic acids is 1. The van der Waals surface area contributed by atoms with E-state index in [0.717, 1.165) is 17.3 Å². The number of ether oxygens (including phenoxy) is 1. The number of carbonyl (C=O) groups excluding carboxylic acids is 1. The molecule has 8 nitrogen and oxygen atoms in total. The SMILES string of the molecule is CC(C)c1ccc(-c2ccc(Oc3cc(C(=O)O)c(F)cc3CN3CCN(C(C)(C)C)C3=O)cc2)nn1. The van der Waals surface area contributed by atoms with Gasteiger partial charge < -0.3 is 19.6 Å². The molecule has 1 fully saturated rings. The van der Waals surface area contributed by atoms with Gasteiger partial charge in [0, 0.05) is 29.8 Å². The van der Waals surface area contributed by atoms with Crippen LogP contribution < -0.4 is 4.74 Å². The minimum absolute atomic E-state index is 0.0907. The Morgan fingerprint density at radius 1 is 1.08 bits per heavy atom. The van der Waals surface area contributed by atoms with Crippen molar-refractivity contribution in [1.82, 2.24) is 20.0 Å². The van der Waals surface area contributed by atoms with E-state index >= 15 is 0 Å². The second kappa shape index (κ2) is 10.2. The number of aromatic carboxylic acids is 1. The van der Waals surface area contributed by atoms with Crippen LogP contribution in [0.4, 0.5) is 9.18 Å². The fourth-order valence-electron chi connectivity index (χ4n) is 4.16. The molecule has 1 aliphatic rings. The highest BCUT2D eigenvalue weighted by atomic mass is 19.1. The van der Waals surface area contributed by atoms with Gasteiger partial charge >= 0.3 is 12.0 Å². The molecule has 2 aromatic carbocycles. The average Bonchev–Trinajstić information content (AvgIpc) is 3.21. The third-order valence-corrected chi connectivity index (χ3v) is 6.30. The van der Waals surface area contributed by atoms with Crippen molar-refractivity contribution in [2.24, 2.45) is 0 Å². The number of carboxylic acid groups (broad SMARTS) is 1. The normalized spacial score (nSPS) is 14.0. The van der Waals surface area contributed by atoms with Crippen molar-refractivity contribution in [3.63, 3.8) is 0 Å². The molecule has 0 radical (unpaired) electrons. The summed E-state index contributed by atoms with van der Waals surface area (Å²) in [6, 6.07) is 13.1. The van der Waals surface area contributed by atoms with Crippen molar-refractivity contribution in [2.75, 3.05) is 13.1 Å². The largest absolute Gasteiger partial charge is 0.478 e. The van der Waals surface area contributed by atoms with Crippen molar-refractivity contribution in [1.29, 1.82) is 0 Å². The molecule has 1 aromatic heterocycles. The molecule has 2 amide bonds. The lowest BCUT2D eigenvalue weighted by Gasteiger charge is -2.31. The maximum absolute atomic E-state index is 14.6. The molecule has 1 saturated heterocycles. The molecule has 9 heteroatoms. The number of carbonyl (C=O) groups is 2. The summed E-state index contributed by atoms with van der Waals surface area (Å²) < 4.78 is 20.6. The first-order valence-electron chi connectivity index (χ1n) is 12.2. The van der Waals surface area contributed by atoms with E-state index in [2.05, 4.69) is 24.0 Å². The van der Waals surface area contributed by atoms with Crippen LogP contribution in [0.15, 0.2) is 48.5 Å². The lowest BCUT2D eigenvalue weighted by atomic mass is 10.1. The maximum atomic E-state index is 14.6. The van der Waals surface area contributed by atoms with Crippen LogP contribution in [-0.2, 0) is 6.54 Å². The number of amides is 2. The first kappa shape index (κ1) is 26.1. The van der Waals surface area contributed by atoms with Gasteiger partial charge in [0.05, 0.1) is 23.5 Å². The lowest BCUT2D eigenvalue weighted by molar-refractivity contribution is 0.0691. The van der Waals surface area contributed by atoms with Gasteiger partial charge in [-0.3, -0.25) is 0 Å². The number of aromatic nitrogens is 2. The second-order valence-electron chi connectivity index (χ2n) is 10.4. The molecular weight excluding hydrogens is 475 g/mol. The van der Waals surface area contributed by atoms with Crippen molar-refractivity contribution in [2.45, 2.75) is 52.6 Å². The van der Waals surface area contributed by atoms with Crippen LogP contribution in [0.25, 0.3) is 11.3 Å². The van der Waals surface area contributed by atoms with Crippen molar-refractivity contribution < 1.29 is 23.8 Å². The van der Waals surface area contributed by atoms with Crippen LogP contribution in [0.5, 0.6) is 11.5 Å². The van der Waals surface area contributed by atoms with E-state index in [1.807, 2.05) is 45.0 Å². The molecule has 0 bridgehead atoms. The summed E-state index contributed by atoms with van der Waals surface area (Å²) in [5.41, 5.74) is 1.99. The zero-order chi connectivity index (χ0) is 26.9. The van der Waals surface area contributed by atoms with E-state index in [9.17, 15) is 19.1 Å². The molecule has 0 saturated carbocycles. The molecule has 1 N–H and O–H groups in total. The van der Waals surface area contributed by atoms with Gasteiger partial charge in [0.15, 0.2) is 0 Å². The van der Waals surface area contributed by atoms with Crippen molar-refractivity contribution in [3.05, 3.63) is 71.2 Å². The monoisotopic (exact) mass is 506 g/mol. The fraction of sp³-hybridized carbons (Fsp3) is 0.357. The highest BCUT2D eigenvalue weighted by molar-refractivity contribution is 5.88. The molecule has 37 heavy (non-hydrogen) atoms. The van der Waals surface area contributed by atoms with E-state index in [-0.39, 0.29) is 29.8 Å². The number of rotatable bonds is 7. The minimum atomic E-state index is -1.40. The zero-order valence-corrected chi connectivity index (χ0v) is 21.7. The van der Waals surface area contributed by atoms with Gasteiger partial charge in [0.2, 0.25) is 0 Å².